The molecular formula is C22H20ClF5N6O2. The van der Waals surface area contributed by atoms with Crippen molar-refractivity contribution in [3.05, 3.63) is 64.7 Å². The molecule has 8 nitrogen and oxygen atoms in total. The van der Waals surface area contributed by atoms with Gasteiger partial charge < -0.3 is 5.32 Å². The molecule has 0 radical (unpaired) electrons. The number of halogens is 6. The molecule has 192 valence electrons. The summed E-state index contributed by atoms with van der Waals surface area (Å²) >= 11 is 6.01. The lowest BCUT2D eigenvalue weighted by atomic mass is 10.0. The van der Waals surface area contributed by atoms with E-state index in [0.29, 0.717) is 10.7 Å². The number of nitrogens with one attached hydrogen (secondary N) is 2. The first-order valence-electron chi connectivity index (χ1n) is 10.4. The van der Waals surface area contributed by atoms with Crippen molar-refractivity contribution < 1.29 is 31.5 Å². The van der Waals surface area contributed by atoms with Crippen molar-refractivity contribution in [3.63, 3.8) is 0 Å². The fourth-order valence-corrected chi connectivity index (χ4v) is 3.47. The van der Waals surface area contributed by atoms with E-state index in [9.17, 15) is 27.2 Å². The number of amides is 3. The number of benzene rings is 1. The monoisotopic (exact) mass is 530 g/mol. The maximum absolute atomic E-state index is 15.0. The number of urea groups is 1. The van der Waals surface area contributed by atoms with Crippen LogP contribution in [0.5, 0.6) is 0 Å². The third kappa shape index (κ3) is 5.90. The first-order valence-corrected chi connectivity index (χ1v) is 10.8. The van der Waals surface area contributed by atoms with Crippen molar-refractivity contribution in [2.24, 2.45) is 0 Å². The zero-order valence-electron chi connectivity index (χ0n) is 19.1. The number of hydrogen-bond donors (Lipinski definition) is 2. The molecule has 0 bridgehead atoms. The quantitative estimate of drug-likeness (QED) is 0.364. The van der Waals surface area contributed by atoms with E-state index in [4.69, 9.17) is 11.6 Å². The SMILES string of the molecule is CCN(NC(=O)C(F)(F)F)C(=O)N[C@H](C)c1ncc(-c2cc(Cl)cc(F)c2-n2ccc(C)n2)cc1F. The van der Waals surface area contributed by atoms with Crippen LogP contribution in [0.2, 0.25) is 5.02 Å². The highest BCUT2D eigenvalue weighted by molar-refractivity contribution is 6.31. The average molecular weight is 531 g/mol. The Balaban J connectivity index is 1.87. The van der Waals surface area contributed by atoms with E-state index in [1.54, 1.807) is 13.0 Å². The van der Waals surface area contributed by atoms with Crippen LogP contribution in [0.1, 0.15) is 31.3 Å². The topological polar surface area (TPSA) is 92.2 Å². The first-order chi connectivity index (χ1) is 16.8. The molecule has 0 saturated carbocycles. The molecule has 0 aliphatic rings. The molecule has 3 rings (SSSR count). The van der Waals surface area contributed by atoms with Crippen LogP contribution in [-0.2, 0) is 4.79 Å². The molecule has 2 aromatic heterocycles. The highest BCUT2D eigenvalue weighted by atomic mass is 35.5. The number of hydrazine groups is 1. The Morgan fingerprint density at radius 3 is 2.44 bits per heavy atom. The second-order valence-corrected chi connectivity index (χ2v) is 8.07. The summed E-state index contributed by atoms with van der Waals surface area (Å²) in [5.41, 5.74) is 2.17. The van der Waals surface area contributed by atoms with Gasteiger partial charge in [-0.15, -0.1) is 0 Å². The molecule has 0 saturated heterocycles. The van der Waals surface area contributed by atoms with Gasteiger partial charge in [-0.3, -0.25) is 15.2 Å². The molecule has 2 N–H and O–H groups in total. The minimum Gasteiger partial charge on any atom is -0.328 e. The standard InChI is InChI=1S/C22H20ClF5N6O2/c1-4-33(32-20(35)22(26,27)28)21(36)30-12(3)18-16(24)7-13(10-29-18)15-8-14(23)9-17(25)19(15)34-6-5-11(2)31-34/h5-10,12H,4H2,1-3H3,(H,30,36)(H,32,35)/t12-/m1/s1. The summed E-state index contributed by atoms with van der Waals surface area (Å²) < 4.78 is 68.6. The van der Waals surface area contributed by atoms with Crippen LogP contribution < -0.4 is 10.7 Å². The third-order valence-corrected chi connectivity index (χ3v) is 5.18. The Kier molecular flexibility index (Phi) is 7.82. The maximum Gasteiger partial charge on any atom is 0.472 e. The molecule has 3 amide bonds. The van der Waals surface area contributed by atoms with Gasteiger partial charge in [0.2, 0.25) is 0 Å². The van der Waals surface area contributed by atoms with Crippen LogP contribution in [0.25, 0.3) is 16.8 Å². The zero-order chi connectivity index (χ0) is 26.8. The largest absolute Gasteiger partial charge is 0.472 e. The normalized spacial score (nSPS) is 12.2. The molecule has 0 fully saturated rings. The van der Waals surface area contributed by atoms with E-state index in [2.05, 4.69) is 15.4 Å². The second kappa shape index (κ2) is 10.5. The number of nitrogens with zero attached hydrogens (tertiary/aromatic N) is 4. The highest BCUT2D eigenvalue weighted by Crippen LogP contribution is 2.33. The minimum absolute atomic E-state index is 0.0156. The van der Waals surface area contributed by atoms with Crippen LogP contribution in [0.15, 0.2) is 36.7 Å². The van der Waals surface area contributed by atoms with Gasteiger partial charge in [-0.1, -0.05) is 11.6 Å². The molecule has 36 heavy (non-hydrogen) atoms. The molecule has 3 aromatic rings. The predicted octanol–water partition coefficient (Wildman–Crippen LogP) is 4.86. The molecule has 1 atom stereocenters. The number of carbonyl (C=O) groups is 2. The third-order valence-electron chi connectivity index (χ3n) is 4.97. The van der Waals surface area contributed by atoms with Gasteiger partial charge in [0.05, 0.1) is 17.4 Å². The van der Waals surface area contributed by atoms with Gasteiger partial charge in [0.15, 0.2) is 5.82 Å². The Bertz CT molecular complexity index is 1300. The lowest BCUT2D eigenvalue weighted by Crippen LogP contribution is -2.54. The Hall–Kier alpha value is -3.74. The van der Waals surface area contributed by atoms with Gasteiger partial charge >= 0.3 is 18.1 Å². The average Bonchev–Trinajstić information content (AvgIpc) is 3.21. The molecule has 0 aliphatic carbocycles. The summed E-state index contributed by atoms with van der Waals surface area (Å²) in [5, 5.41) is 6.91. The lowest BCUT2D eigenvalue weighted by molar-refractivity contribution is -0.177. The van der Waals surface area contributed by atoms with Gasteiger partial charge in [-0.25, -0.2) is 23.3 Å². The molecular weight excluding hydrogens is 511 g/mol. The Morgan fingerprint density at radius 2 is 1.89 bits per heavy atom. The van der Waals surface area contributed by atoms with Gasteiger partial charge in [-0.05, 0) is 45.0 Å². The molecule has 0 spiro atoms. The van der Waals surface area contributed by atoms with Gasteiger partial charge in [-0.2, -0.15) is 18.3 Å². The smallest absolute Gasteiger partial charge is 0.328 e. The van der Waals surface area contributed by atoms with Gasteiger partial charge in [0.1, 0.15) is 11.5 Å². The van der Waals surface area contributed by atoms with Gasteiger partial charge in [0.25, 0.3) is 0 Å². The van der Waals surface area contributed by atoms with E-state index in [1.165, 1.54) is 42.4 Å². The molecule has 14 heteroatoms. The number of rotatable bonds is 5. The van der Waals surface area contributed by atoms with Crippen molar-refractivity contribution >= 4 is 23.5 Å². The summed E-state index contributed by atoms with van der Waals surface area (Å²) in [6.45, 7) is 4.09. The Morgan fingerprint density at radius 1 is 1.19 bits per heavy atom. The number of carbonyl (C=O) groups excluding carboxylic acids is 2. The number of aryl methyl sites for hydroxylation is 1. The molecule has 2 heterocycles. The van der Waals surface area contributed by atoms with E-state index in [1.807, 2.05) is 0 Å². The van der Waals surface area contributed by atoms with Crippen LogP contribution in [0.4, 0.5) is 26.7 Å². The number of aromatic nitrogens is 3. The second-order valence-electron chi connectivity index (χ2n) is 7.63. The number of alkyl halides is 3. The van der Waals surface area contributed by atoms with Crippen LogP contribution in [0.3, 0.4) is 0 Å². The molecule has 0 unspecified atom stereocenters. The van der Waals surface area contributed by atoms with Crippen molar-refractivity contribution in [2.45, 2.75) is 33.0 Å². The van der Waals surface area contributed by atoms with Crippen LogP contribution >= 0.6 is 11.6 Å². The highest BCUT2D eigenvalue weighted by Gasteiger charge is 2.40. The maximum atomic E-state index is 15.0. The number of pyridine rings is 1. The van der Waals surface area contributed by atoms with Crippen molar-refractivity contribution in [1.82, 2.24) is 30.5 Å². The molecule has 1 aromatic carbocycles. The van der Waals surface area contributed by atoms with Crippen LogP contribution in [0, 0.1) is 18.6 Å². The first kappa shape index (κ1) is 26.9. The molecule has 0 aliphatic heterocycles. The fraction of sp³-hybridized carbons (Fsp3) is 0.273. The van der Waals surface area contributed by atoms with E-state index >= 15 is 4.39 Å². The minimum atomic E-state index is -5.20. The summed E-state index contributed by atoms with van der Waals surface area (Å²) in [5.74, 6) is -3.92. The van der Waals surface area contributed by atoms with E-state index in [0.717, 1.165) is 12.1 Å². The predicted molar refractivity (Wildman–Crippen MR) is 120 cm³/mol. The number of hydrogen-bond acceptors (Lipinski definition) is 4. The van der Waals surface area contributed by atoms with E-state index < -0.39 is 35.8 Å². The zero-order valence-corrected chi connectivity index (χ0v) is 19.9. The van der Waals surface area contributed by atoms with Crippen molar-refractivity contribution in [2.75, 3.05) is 6.54 Å². The lowest BCUT2D eigenvalue weighted by Gasteiger charge is -2.24. The fourth-order valence-electron chi connectivity index (χ4n) is 3.26. The van der Waals surface area contributed by atoms with E-state index in [-0.39, 0.29) is 34.1 Å². The van der Waals surface area contributed by atoms with Crippen molar-refractivity contribution in [1.29, 1.82) is 0 Å². The summed E-state index contributed by atoms with van der Waals surface area (Å²) in [4.78, 5) is 27.5. The summed E-state index contributed by atoms with van der Waals surface area (Å²) in [7, 11) is 0. The van der Waals surface area contributed by atoms with Crippen LogP contribution in [-0.4, -0.2) is 44.4 Å². The summed E-state index contributed by atoms with van der Waals surface area (Å²) in [6, 6.07) is 3.00. The van der Waals surface area contributed by atoms with Crippen molar-refractivity contribution in [3.8, 4) is 16.8 Å². The summed E-state index contributed by atoms with van der Waals surface area (Å²) in [6.07, 6.45) is -2.44. The van der Waals surface area contributed by atoms with Gasteiger partial charge in [0, 0.05) is 35.1 Å². The Labute approximate surface area is 207 Å².